The van der Waals surface area contributed by atoms with E-state index in [1.807, 2.05) is 0 Å². The van der Waals surface area contributed by atoms with Crippen LogP contribution in [0.4, 0.5) is 8.78 Å². The van der Waals surface area contributed by atoms with E-state index in [1.54, 1.807) is 5.38 Å². The lowest BCUT2D eigenvalue weighted by Gasteiger charge is -2.11. The van der Waals surface area contributed by atoms with Crippen molar-refractivity contribution in [3.63, 3.8) is 0 Å². The molecular formula is C14H9F2NO3S. The molecule has 4 nitrogen and oxygen atoms in total. The molecule has 1 heterocycles. The van der Waals surface area contributed by atoms with Gasteiger partial charge in [-0.1, -0.05) is 6.58 Å². The fourth-order valence-corrected chi connectivity index (χ4v) is 2.25. The summed E-state index contributed by atoms with van der Waals surface area (Å²) in [5.41, 5.74) is -0.205. The number of hydrogen-bond acceptors (Lipinski definition) is 5. The number of nitrogens with zero attached hydrogens (tertiary/aromatic N) is 1. The molecule has 0 saturated heterocycles. The van der Waals surface area contributed by atoms with Gasteiger partial charge in [-0.2, -0.15) is 0 Å². The summed E-state index contributed by atoms with van der Waals surface area (Å²) in [7, 11) is 0. The van der Waals surface area contributed by atoms with E-state index in [1.165, 1.54) is 17.5 Å². The second-order valence-electron chi connectivity index (χ2n) is 3.97. The molecule has 0 amide bonds. The Morgan fingerprint density at radius 1 is 1.43 bits per heavy atom. The second-order valence-corrected chi connectivity index (χ2v) is 4.90. The summed E-state index contributed by atoms with van der Waals surface area (Å²) in [6, 6.07) is 2.46. The van der Waals surface area contributed by atoms with Crippen LogP contribution in [0.15, 0.2) is 41.9 Å². The Bertz CT molecular complexity index is 686. The predicted octanol–water partition coefficient (Wildman–Crippen LogP) is 2.87. The third-order valence-corrected chi connectivity index (χ3v) is 3.45. The van der Waals surface area contributed by atoms with Crippen LogP contribution in [-0.4, -0.2) is 17.2 Å². The standard InChI is InChI=1S/C14H9F2NO3S/c1-8(10(7-18)13-17-4-5-21-13)14(19)20-12-6-9(15)2-3-11(12)16/h2-7,10H,1H2. The van der Waals surface area contributed by atoms with Crippen LogP contribution < -0.4 is 4.74 Å². The maximum absolute atomic E-state index is 13.4. The molecule has 1 aromatic heterocycles. The molecule has 0 N–H and O–H groups in total. The van der Waals surface area contributed by atoms with Crippen molar-refractivity contribution in [3.05, 3.63) is 58.6 Å². The molecule has 2 rings (SSSR count). The van der Waals surface area contributed by atoms with Crippen LogP contribution in [0.2, 0.25) is 0 Å². The average molecular weight is 309 g/mol. The van der Waals surface area contributed by atoms with Gasteiger partial charge in [-0.3, -0.25) is 0 Å². The van der Waals surface area contributed by atoms with Crippen molar-refractivity contribution in [2.24, 2.45) is 0 Å². The molecule has 0 bridgehead atoms. The first-order valence-corrected chi connectivity index (χ1v) is 6.61. The van der Waals surface area contributed by atoms with E-state index in [9.17, 15) is 18.4 Å². The molecule has 0 radical (unpaired) electrons. The lowest BCUT2D eigenvalue weighted by molar-refractivity contribution is -0.131. The molecule has 21 heavy (non-hydrogen) atoms. The Balaban J connectivity index is 2.17. The minimum Gasteiger partial charge on any atom is -0.420 e. The highest BCUT2D eigenvalue weighted by atomic mass is 32.1. The van der Waals surface area contributed by atoms with Crippen molar-refractivity contribution in [1.29, 1.82) is 0 Å². The first-order chi connectivity index (χ1) is 10.0. The Hall–Kier alpha value is -2.41. The fraction of sp³-hybridized carbons (Fsp3) is 0.0714. The van der Waals surface area contributed by atoms with Crippen LogP contribution in [0.25, 0.3) is 0 Å². The van der Waals surface area contributed by atoms with Crippen LogP contribution in [0.3, 0.4) is 0 Å². The van der Waals surface area contributed by atoms with Gasteiger partial charge in [0, 0.05) is 23.2 Å². The molecule has 0 spiro atoms. The highest BCUT2D eigenvalue weighted by Gasteiger charge is 2.25. The summed E-state index contributed by atoms with van der Waals surface area (Å²) in [6.45, 7) is 3.47. The minimum atomic E-state index is -1.02. The van der Waals surface area contributed by atoms with Gasteiger partial charge in [0.1, 0.15) is 17.1 Å². The van der Waals surface area contributed by atoms with Crippen LogP contribution in [0, 0.1) is 11.6 Å². The van der Waals surface area contributed by atoms with Gasteiger partial charge in [0.15, 0.2) is 11.6 Å². The predicted molar refractivity (Wildman–Crippen MR) is 72.1 cm³/mol. The van der Waals surface area contributed by atoms with E-state index in [4.69, 9.17) is 4.74 Å². The van der Waals surface area contributed by atoms with Crippen molar-refractivity contribution in [3.8, 4) is 5.75 Å². The van der Waals surface area contributed by atoms with Gasteiger partial charge in [-0.05, 0) is 12.1 Å². The first kappa shape index (κ1) is 15.0. The van der Waals surface area contributed by atoms with Crippen molar-refractivity contribution in [1.82, 2.24) is 4.98 Å². The number of aldehydes is 1. The number of aromatic nitrogens is 1. The van der Waals surface area contributed by atoms with Gasteiger partial charge in [-0.15, -0.1) is 11.3 Å². The Kier molecular flexibility index (Phi) is 4.54. The lowest BCUT2D eigenvalue weighted by Crippen LogP contribution is -2.18. The van der Waals surface area contributed by atoms with E-state index in [0.29, 0.717) is 11.3 Å². The summed E-state index contributed by atoms with van der Waals surface area (Å²) >= 11 is 1.17. The maximum atomic E-state index is 13.4. The minimum absolute atomic E-state index is 0.205. The van der Waals surface area contributed by atoms with Crippen LogP contribution >= 0.6 is 11.3 Å². The quantitative estimate of drug-likeness (QED) is 0.369. The zero-order valence-electron chi connectivity index (χ0n) is 10.6. The zero-order chi connectivity index (χ0) is 15.4. The molecule has 108 valence electrons. The monoisotopic (exact) mass is 309 g/mol. The SMILES string of the molecule is C=C(C(=O)Oc1cc(F)ccc1F)C(C=O)c1nccs1. The van der Waals surface area contributed by atoms with E-state index >= 15 is 0 Å². The van der Waals surface area contributed by atoms with E-state index in [0.717, 1.165) is 18.2 Å². The number of thiazole rings is 1. The third kappa shape index (κ3) is 3.38. The van der Waals surface area contributed by atoms with Gasteiger partial charge in [0.05, 0.1) is 5.92 Å². The zero-order valence-corrected chi connectivity index (χ0v) is 11.4. The highest BCUT2D eigenvalue weighted by Crippen LogP contribution is 2.26. The molecule has 0 aliphatic heterocycles. The molecule has 1 aromatic carbocycles. The van der Waals surface area contributed by atoms with Crippen molar-refractivity contribution in [2.45, 2.75) is 5.92 Å². The van der Waals surface area contributed by atoms with E-state index in [2.05, 4.69) is 11.6 Å². The van der Waals surface area contributed by atoms with E-state index in [-0.39, 0.29) is 5.57 Å². The molecule has 0 aliphatic rings. The number of carbonyl (C=O) groups is 2. The summed E-state index contributed by atoms with van der Waals surface area (Å²) in [5.74, 6) is -4.21. The Labute approximate surface area is 122 Å². The Morgan fingerprint density at radius 3 is 2.81 bits per heavy atom. The number of esters is 1. The fourth-order valence-electron chi connectivity index (χ4n) is 1.53. The molecule has 1 unspecified atom stereocenters. The summed E-state index contributed by atoms with van der Waals surface area (Å²) < 4.78 is 31.1. The molecule has 0 aliphatic carbocycles. The van der Waals surface area contributed by atoms with Crippen LogP contribution in [0.5, 0.6) is 5.75 Å². The van der Waals surface area contributed by atoms with Crippen molar-refractivity contribution >= 4 is 23.6 Å². The van der Waals surface area contributed by atoms with Gasteiger partial charge >= 0.3 is 5.97 Å². The molecule has 1 atom stereocenters. The van der Waals surface area contributed by atoms with Gasteiger partial charge < -0.3 is 9.53 Å². The van der Waals surface area contributed by atoms with Gasteiger partial charge in [0.25, 0.3) is 0 Å². The number of hydrogen-bond donors (Lipinski definition) is 0. The second kappa shape index (κ2) is 6.36. The molecule has 0 saturated carbocycles. The molecule has 7 heteroatoms. The molecule has 0 fully saturated rings. The smallest absolute Gasteiger partial charge is 0.340 e. The largest absolute Gasteiger partial charge is 0.420 e. The number of ether oxygens (including phenoxy) is 1. The number of carbonyl (C=O) groups excluding carboxylic acids is 2. The normalized spacial score (nSPS) is 11.7. The first-order valence-electron chi connectivity index (χ1n) is 5.73. The maximum Gasteiger partial charge on any atom is 0.340 e. The summed E-state index contributed by atoms with van der Waals surface area (Å²) in [5, 5.41) is 2.00. The topological polar surface area (TPSA) is 56.3 Å². The van der Waals surface area contributed by atoms with Crippen LogP contribution in [0.1, 0.15) is 10.9 Å². The van der Waals surface area contributed by atoms with E-state index < -0.39 is 29.3 Å². The van der Waals surface area contributed by atoms with Gasteiger partial charge in [-0.25, -0.2) is 18.6 Å². The molecule has 2 aromatic rings. The summed E-state index contributed by atoms with van der Waals surface area (Å²) in [6.07, 6.45) is 1.96. The number of rotatable bonds is 5. The number of halogens is 2. The van der Waals surface area contributed by atoms with Gasteiger partial charge in [0.2, 0.25) is 0 Å². The lowest BCUT2D eigenvalue weighted by atomic mass is 10.0. The van der Waals surface area contributed by atoms with Crippen molar-refractivity contribution in [2.75, 3.05) is 0 Å². The third-order valence-electron chi connectivity index (χ3n) is 2.59. The van der Waals surface area contributed by atoms with Crippen molar-refractivity contribution < 1.29 is 23.1 Å². The summed E-state index contributed by atoms with van der Waals surface area (Å²) in [4.78, 5) is 26.9. The average Bonchev–Trinajstić information content (AvgIpc) is 2.97. The number of benzene rings is 1. The molecular weight excluding hydrogens is 300 g/mol. The highest BCUT2D eigenvalue weighted by molar-refractivity contribution is 7.09. The van der Waals surface area contributed by atoms with Crippen LogP contribution in [-0.2, 0) is 9.59 Å². The Morgan fingerprint density at radius 2 is 2.19 bits per heavy atom.